The zero-order chi connectivity index (χ0) is 16.6. The Morgan fingerprint density at radius 3 is 2.78 bits per heavy atom. The van der Waals surface area contributed by atoms with Gasteiger partial charge in [0.15, 0.2) is 0 Å². The average molecular weight is 266 g/mol. The fourth-order valence-corrected chi connectivity index (χ4v) is 1.62. The van der Waals surface area contributed by atoms with Gasteiger partial charge in [-0.2, -0.15) is 0 Å². The largest absolute Gasteiger partial charge is 0.478 e. The van der Waals surface area contributed by atoms with Gasteiger partial charge in [-0.3, -0.25) is 0 Å². The lowest BCUT2D eigenvalue weighted by Gasteiger charge is -2.12. The SMILES string of the molecule is [2H]c1c([2H])c([2H])c(C(=O)O)c(Nc2cccc(Cl)c2C)c1[2H]. The van der Waals surface area contributed by atoms with Crippen LogP contribution < -0.4 is 5.32 Å². The zero-order valence-corrected chi connectivity index (χ0v) is 10.2. The minimum absolute atomic E-state index is 0.191. The summed E-state index contributed by atoms with van der Waals surface area (Å²) in [6.45, 7) is 1.72. The molecule has 2 aromatic rings. The highest BCUT2D eigenvalue weighted by atomic mass is 35.5. The van der Waals surface area contributed by atoms with Crippen LogP contribution in [0.25, 0.3) is 0 Å². The number of carbonyl (C=O) groups is 1. The predicted octanol–water partition coefficient (Wildman–Crippen LogP) is 4.09. The van der Waals surface area contributed by atoms with Crippen LogP contribution in [-0.2, 0) is 0 Å². The van der Waals surface area contributed by atoms with E-state index in [1.165, 1.54) is 0 Å². The molecule has 0 aliphatic carbocycles. The van der Waals surface area contributed by atoms with Crippen LogP contribution in [0.1, 0.15) is 21.4 Å². The molecule has 4 heteroatoms. The first-order valence-corrected chi connectivity index (χ1v) is 5.49. The summed E-state index contributed by atoms with van der Waals surface area (Å²) in [6, 6.07) is 2.83. The van der Waals surface area contributed by atoms with Gasteiger partial charge in [0.25, 0.3) is 0 Å². The molecular weight excluding hydrogens is 250 g/mol. The number of halogens is 1. The highest BCUT2D eigenvalue weighted by molar-refractivity contribution is 6.31. The number of carboxylic acid groups (broad SMARTS) is 1. The monoisotopic (exact) mass is 265 g/mol. The molecule has 0 fully saturated rings. The summed E-state index contributed by atoms with van der Waals surface area (Å²) >= 11 is 6.00. The fraction of sp³-hybridized carbons (Fsp3) is 0.0714. The van der Waals surface area contributed by atoms with Crippen LogP contribution in [0.4, 0.5) is 11.4 Å². The second-order valence-corrected chi connectivity index (χ2v) is 4.00. The molecule has 2 rings (SSSR count). The van der Waals surface area contributed by atoms with Crippen molar-refractivity contribution in [2.75, 3.05) is 5.32 Å². The van der Waals surface area contributed by atoms with E-state index in [4.69, 9.17) is 17.1 Å². The third kappa shape index (κ3) is 2.46. The molecule has 0 aliphatic rings. The number of rotatable bonds is 3. The quantitative estimate of drug-likeness (QED) is 0.879. The van der Waals surface area contributed by atoms with Gasteiger partial charge < -0.3 is 10.4 Å². The first kappa shape index (κ1) is 8.16. The molecule has 3 nitrogen and oxygen atoms in total. The Kier molecular flexibility index (Phi) is 2.31. The van der Waals surface area contributed by atoms with Crippen molar-refractivity contribution in [2.24, 2.45) is 0 Å². The summed E-state index contributed by atoms with van der Waals surface area (Å²) in [5.41, 5.74) is 0.419. The normalized spacial score (nSPS) is 13.2. The van der Waals surface area contributed by atoms with Crippen molar-refractivity contribution >= 4 is 28.9 Å². The molecule has 0 amide bonds. The molecule has 0 aromatic heterocycles. The summed E-state index contributed by atoms with van der Waals surface area (Å²) in [4.78, 5) is 11.4. The van der Waals surface area contributed by atoms with Crippen molar-refractivity contribution in [1.82, 2.24) is 0 Å². The number of hydrogen-bond acceptors (Lipinski definition) is 2. The number of carboxylic acids is 1. The third-order valence-corrected chi connectivity index (χ3v) is 2.84. The van der Waals surface area contributed by atoms with Crippen LogP contribution in [0.5, 0.6) is 0 Å². The van der Waals surface area contributed by atoms with E-state index >= 15 is 0 Å². The third-order valence-electron chi connectivity index (χ3n) is 2.43. The Bertz CT molecular complexity index is 780. The van der Waals surface area contributed by atoms with Crippen molar-refractivity contribution in [3.05, 3.63) is 58.5 Å². The highest BCUT2D eigenvalue weighted by Gasteiger charge is 2.10. The van der Waals surface area contributed by atoms with Crippen LogP contribution in [0.15, 0.2) is 42.4 Å². The molecule has 92 valence electrons. The Morgan fingerprint density at radius 2 is 2.06 bits per heavy atom. The molecule has 0 heterocycles. The molecule has 2 aromatic carbocycles. The average Bonchev–Trinajstić information content (AvgIpc) is 2.46. The van der Waals surface area contributed by atoms with E-state index in [9.17, 15) is 9.90 Å². The second-order valence-electron chi connectivity index (χ2n) is 3.59. The molecule has 0 saturated heterocycles. The second kappa shape index (κ2) is 5.10. The summed E-state index contributed by atoms with van der Waals surface area (Å²) in [7, 11) is 0. The predicted molar refractivity (Wildman–Crippen MR) is 72.9 cm³/mol. The maximum Gasteiger partial charge on any atom is 0.337 e. The van der Waals surface area contributed by atoms with E-state index in [0.29, 0.717) is 16.3 Å². The maximum absolute atomic E-state index is 11.4. The van der Waals surface area contributed by atoms with Crippen LogP contribution in [0.3, 0.4) is 0 Å². The smallest absolute Gasteiger partial charge is 0.337 e. The van der Waals surface area contributed by atoms with E-state index in [1.54, 1.807) is 25.1 Å². The number of anilines is 2. The molecule has 2 N–H and O–H groups in total. The standard InChI is InChI=1S/C14H12ClNO2/c1-9-11(15)6-4-8-12(9)16-13-7-3-2-5-10(13)14(17)18/h2-8,16H,1H3,(H,17,18)/i2D,3D,5D,7D. The van der Waals surface area contributed by atoms with E-state index in [1.807, 2.05) is 0 Å². The zero-order valence-electron chi connectivity index (χ0n) is 13.5. The highest BCUT2D eigenvalue weighted by Crippen LogP contribution is 2.27. The summed E-state index contributed by atoms with van der Waals surface area (Å²) in [5.74, 6) is -1.44. The van der Waals surface area contributed by atoms with Crippen LogP contribution >= 0.6 is 11.6 Å². The van der Waals surface area contributed by atoms with Gasteiger partial charge in [0, 0.05) is 10.7 Å². The van der Waals surface area contributed by atoms with Gasteiger partial charge in [0.1, 0.15) is 0 Å². The van der Waals surface area contributed by atoms with Crippen molar-refractivity contribution in [1.29, 1.82) is 0 Å². The lowest BCUT2D eigenvalue weighted by molar-refractivity contribution is 0.0698. The number of aromatic carboxylic acids is 1. The van der Waals surface area contributed by atoms with E-state index < -0.39 is 35.7 Å². The van der Waals surface area contributed by atoms with Gasteiger partial charge in [-0.1, -0.05) is 29.8 Å². The Balaban J connectivity index is 2.69. The van der Waals surface area contributed by atoms with Gasteiger partial charge >= 0.3 is 5.97 Å². The Labute approximate surface area is 116 Å². The lowest BCUT2D eigenvalue weighted by Crippen LogP contribution is -2.03. The molecular formula is C14H12ClNO2. The summed E-state index contributed by atoms with van der Waals surface area (Å²) < 4.78 is 30.9. The first-order valence-electron chi connectivity index (χ1n) is 7.11. The molecule has 0 saturated carbocycles. The molecule has 18 heavy (non-hydrogen) atoms. The minimum Gasteiger partial charge on any atom is -0.478 e. The number of para-hydroxylation sites is 1. The van der Waals surface area contributed by atoms with Crippen molar-refractivity contribution in [3.8, 4) is 0 Å². The van der Waals surface area contributed by atoms with Crippen LogP contribution in [0.2, 0.25) is 5.02 Å². The molecule has 0 bridgehead atoms. The van der Waals surface area contributed by atoms with Crippen LogP contribution in [-0.4, -0.2) is 11.1 Å². The van der Waals surface area contributed by atoms with E-state index in [2.05, 4.69) is 5.32 Å². The van der Waals surface area contributed by atoms with E-state index in [-0.39, 0.29) is 5.69 Å². The molecule has 0 atom stereocenters. The lowest BCUT2D eigenvalue weighted by atomic mass is 10.1. The molecule has 0 unspecified atom stereocenters. The number of benzene rings is 2. The first-order chi connectivity index (χ1) is 10.3. The van der Waals surface area contributed by atoms with Gasteiger partial charge in [-0.15, -0.1) is 0 Å². The minimum atomic E-state index is -1.44. The topological polar surface area (TPSA) is 49.3 Å². The number of nitrogens with one attached hydrogen (secondary N) is 1. The summed E-state index contributed by atoms with van der Waals surface area (Å²) in [6.07, 6.45) is 0. The maximum atomic E-state index is 11.4. The molecule has 0 spiro atoms. The van der Waals surface area contributed by atoms with Gasteiger partial charge in [-0.05, 0) is 36.7 Å². The van der Waals surface area contributed by atoms with Gasteiger partial charge in [0.2, 0.25) is 0 Å². The van der Waals surface area contributed by atoms with Gasteiger partial charge in [0.05, 0.1) is 16.7 Å². The number of hydrogen-bond donors (Lipinski definition) is 2. The van der Waals surface area contributed by atoms with Crippen molar-refractivity contribution in [2.45, 2.75) is 6.92 Å². The van der Waals surface area contributed by atoms with Crippen molar-refractivity contribution < 1.29 is 15.4 Å². The van der Waals surface area contributed by atoms with Crippen LogP contribution in [0, 0.1) is 6.92 Å². The molecule has 0 aliphatic heterocycles. The van der Waals surface area contributed by atoms with Gasteiger partial charge in [-0.25, -0.2) is 4.79 Å². The Hall–Kier alpha value is -2.00. The Morgan fingerprint density at radius 1 is 1.33 bits per heavy atom. The summed E-state index contributed by atoms with van der Waals surface area (Å²) in [5, 5.41) is 12.5. The van der Waals surface area contributed by atoms with E-state index in [0.717, 1.165) is 0 Å². The van der Waals surface area contributed by atoms with Crippen molar-refractivity contribution in [3.63, 3.8) is 0 Å². The fourth-order valence-electron chi connectivity index (χ4n) is 1.44. The molecule has 0 radical (unpaired) electrons.